The number of furan rings is 1. The Morgan fingerprint density at radius 3 is 2.62 bits per heavy atom. The fraction of sp³-hybridized carbons (Fsp3) is 0.235. The monoisotopic (exact) mass is 337 g/mol. The van der Waals surface area contributed by atoms with Crippen LogP contribution in [0.4, 0.5) is 14.5 Å². The van der Waals surface area contributed by atoms with Gasteiger partial charge in [-0.3, -0.25) is 0 Å². The standard InChI is InChI=1S/C17H17F2NO4/c1-2-23-15(22)11-14(21)17(18,19)16(13-9-6-10-24-13)20-12-7-4-3-5-8-12/h3-11,16,20-21H,2H2,1H3/b14-11-. The lowest BCUT2D eigenvalue weighted by Crippen LogP contribution is -2.34. The smallest absolute Gasteiger partial charge is 0.334 e. The van der Waals surface area contributed by atoms with E-state index in [2.05, 4.69) is 10.1 Å². The largest absolute Gasteiger partial charge is 0.506 e. The Hall–Kier alpha value is -2.83. The van der Waals surface area contributed by atoms with Crippen molar-refractivity contribution in [1.29, 1.82) is 0 Å². The van der Waals surface area contributed by atoms with E-state index in [1.54, 1.807) is 30.3 Å². The van der Waals surface area contributed by atoms with Crippen LogP contribution in [0.1, 0.15) is 18.7 Å². The number of halogens is 2. The van der Waals surface area contributed by atoms with Crippen molar-refractivity contribution < 1.29 is 27.8 Å². The van der Waals surface area contributed by atoms with Gasteiger partial charge in [0.05, 0.1) is 18.9 Å². The molecule has 0 aliphatic heterocycles. The quantitative estimate of drug-likeness (QED) is 0.453. The highest BCUT2D eigenvalue weighted by Gasteiger charge is 2.47. The van der Waals surface area contributed by atoms with E-state index in [4.69, 9.17) is 4.42 Å². The predicted molar refractivity (Wildman–Crippen MR) is 83.8 cm³/mol. The summed E-state index contributed by atoms with van der Waals surface area (Å²) < 4.78 is 39.0. The Balaban J connectivity index is 2.33. The number of para-hydroxylation sites is 1. The Bertz CT molecular complexity index is 684. The second-order valence-electron chi connectivity index (χ2n) is 4.86. The molecule has 128 valence electrons. The molecule has 2 N–H and O–H groups in total. The molecule has 0 saturated heterocycles. The first-order chi connectivity index (χ1) is 11.4. The number of esters is 1. The van der Waals surface area contributed by atoms with Crippen molar-refractivity contribution >= 4 is 11.7 Å². The third kappa shape index (κ3) is 4.13. The van der Waals surface area contributed by atoms with Crippen molar-refractivity contribution in [2.75, 3.05) is 11.9 Å². The van der Waals surface area contributed by atoms with E-state index in [1.165, 1.54) is 25.3 Å². The minimum absolute atomic E-state index is 0.0120. The number of aliphatic hydroxyl groups excluding tert-OH is 1. The van der Waals surface area contributed by atoms with E-state index >= 15 is 0 Å². The highest BCUT2D eigenvalue weighted by molar-refractivity contribution is 5.82. The molecule has 0 spiro atoms. The van der Waals surface area contributed by atoms with Gasteiger partial charge in [0.2, 0.25) is 0 Å². The van der Waals surface area contributed by atoms with Crippen LogP contribution < -0.4 is 5.32 Å². The van der Waals surface area contributed by atoms with Gasteiger partial charge >= 0.3 is 11.9 Å². The number of rotatable bonds is 7. The van der Waals surface area contributed by atoms with Crippen molar-refractivity contribution in [3.05, 3.63) is 66.3 Å². The van der Waals surface area contributed by atoms with E-state index in [1.807, 2.05) is 0 Å². The molecular formula is C17H17F2NO4. The van der Waals surface area contributed by atoms with Crippen LogP contribution in [0.25, 0.3) is 0 Å². The van der Waals surface area contributed by atoms with E-state index in [9.17, 15) is 18.7 Å². The van der Waals surface area contributed by atoms with Crippen LogP contribution in [0, 0.1) is 0 Å². The number of aliphatic hydroxyl groups is 1. The van der Waals surface area contributed by atoms with Crippen LogP contribution in [-0.2, 0) is 9.53 Å². The molecule has 0 amide bonds. The molecule has 24 heavy (non-hydrogen) atoms. The number of carbonyl (C=O) groups is 1. The Morgan fingerprint density at radius 2 is 2.04 bits per heavy atom. The zero-order valence-electron chi connectivity index (χ0n) is 12.9. The molecule has 1 aromatic heterocycles. The number of anilines is 1. The summed E-state index contributed by atoms with van der Waals surface area (Å²) in [5.74, 6) is -6.36. The van der Waals surface area contributed by atoms with Gasteiger partial charge in [-0.2, -0.15) is 8.78 Å². The van der Waals surface area contributed by atoms with E-state index < -0.39 is 23.7 Å². The van der Waals surface area contributed by atoms with Crippen LogP contribution in [0.2, 0.25) is 0 Å². The van der Waals surface area contributed by atoms with Crippen molar-refractivity contribution in [3.63, 3.8) is 0 Å². The van der Waals surface area contributed by atoms with Gasteiger partial charge in [-0.1, -0.05) is 18.2 Å². The normalized spacial score (nSPS) is 13.4. The molecule has 1 atom stereocenters. The lowest BCUT2D eigenvalue weighted by molar-refractivity contribution is -0.137. The number of benzene rings is 1. The van der Waals surface area contributed by atoms with Crippen molar-refractivity contribution in [2.45, 2.75) is 18.9 Å². The number of carbonyl (C=O) groups excluding carboxylic acids is 1. The van der Waals surface area contributed by atoms with Gasteiger partial charge in [0.15, 0.2) is 11.8 Å². The first kappa shape index (κ1) is 17.5. The molecular weight excluding hydrogens is 320 g/mol. The zero-order valence-corrected chi connectivity index (χ0v) is 12.9. The lowest BCUT2D eigenvalue weighted by Gasteiger charge is -2.26. The summed E-state index contributed by atoms with van der Waals surface area (Å²) >= 11 is 0. The van der Waals surface area contributed by atoms with Gasteiger partial charge < -0.3 is 19.6 Å². The number of alkyl halides is 2. The number of hydrogen-bond acceptors (Lipinski definition) is 5. The maximum absolute atomic E-state index is 14.7. The predicted octanol–water partition coefficient (Wildman–Crippen LogP) is 4.07. The molecule has 1 heterocycles. The Labute approximate surface area is 137 Å². The average molecular weight is 337 g/mol. The van der Waals surface area contributed by atoms with Crippen LogP contribution in [0.3, 0.4) is 0 Å². The van der Waals surface area contributed by atoms with E-state index in [-0.39, 0.29) is 12.4 Å². The second kappa shape index (κ2) is 7.63. The van der Waals surface area contributed by atoms with Gasteiger partial charge in [0.1, 0.15) is 5.76 Å². The SMILES string of the molecule is CCOC(=O)/C=C(\O)C(F)(F)C(Nc1ccccc1)c1ccco1. The highest BCUT2D eigenvalue weighted by atomic mass is 19.3. The summed E-state index contributed by atoms with van der Waals surface area (Å²) in [6, 6.07) is 9.38. The first-order valence-corrected chi connectivity index (χ1v) is 7.25. The summed E-state index contributed by atoms with van der Waals surface area (Å²) in [6.45, 7) is 1.54. The molecule has 0 aliphatic carbocycles. The third-order valence-corrected chi connectivity index (χ3v) is 3.16. The summed E-state index contributed by atoms with van der Waals surface area (Å²) in [5.41, 5.74) is 0.405. The van der Waals surface area contributed by atoms with Gasteiger partial charge in [0.25, 0.3) is 0 Å². The Kier molecular flexibility index (Phi) is 5.57. The maximum atomic E-state index is 14.7. The zero-order chi connectivity index (χ0) is 17.6. The summed E-state index contributed by atoms with van der Waals surface area (Å²) in [6.07, 6.45) is 1.61. The molecule has 2 rings (SSSR count). The molecule has 0 aliphatic rings. The van der Waals surface area contributed by atoms with Crippen LogP contribution in [-0.4, -0.2) is 23.6 Å². The first-order valence-electron chi connectivity index (χ1n) is 7.25. The minimum atomic E-state index is -3.81. The fourth-order valence-corrected chi connectivity index (χ4v) is 2.04. The van der Waals surface area contributed by atoms with E-state index in [0.717, 1.165) is 0 Å². The molecule has 0 fully saturated rings. The molecule has 1 unspecified atom stereocenters. The summed E-state index contributed by atoms with van der Waals surface area (Å²) in [7, 11) is 0. The minimum Gasteiger partial charge on any atom is -0.506 e. The lowest BCUT2D eigenvalue weighted by atomic mass is 10.0. The van der Waals surface area contributed by atoms with E-state index in [0.29, 0.717) is 11.8 Å². The summed E-state index contributed by atoms with van der Waals surface area (Å²) in [4.78, 5) is 11.3. The molecule has 5 nitrogen and oxygen atoms in total. The number of ether oxygens (including phenoxy) is 1. The van der Waals surface area contributed by atoms with Gasteiger partial charge in [-0.25, -0.2) is 4.79 Å². The molecule has 2 aromatic rings. The van der Waals surface area contributed by atoms with Crippen LogP contribution >= 0.6 is 0 Å². The fourth-order valence-electron chi connectivity index (χ4n) is 2.04. The van der Waals surface area contributed by atoms with Crippen molar-refractivity contribution in [1.82, 2.24) is 0 Å². The van der Waals surface area contributed by atoms with Crippen molar-refractivity contribution in [2.24, 2.45) is 0 Å². The average Bonchev–Trinajstić information content (AvgIpc) is 3.07. The summed E-state index contributed by atoms with van der Waals surface area (Å²) in [5, 5.41) is 12.4. The molecule has 0 saturated carbocycles. The van der Waals surface area contributed by atoms with Gasteiger partial charge in [-0.15, -0.1) is 0 Å². The third-order valence-electron chi connectivity index (χ3n) is 3.16. The second-order valence-corrected chi connectivity index (χ2v) is 4.86. The van der Waals surface area contributed by atoms with Gasteiger partial charge in [-0.05, 0) is 31.2 Å². The maximum Gasteiger partial charge on any atom is 0.334 e. The molecule has 0 bridgehead atoms. The highest BCUT2D eigenvalue weighted by Crippen LogP contribution is 2.39. The molecule has 1 aromatic carbocycles. The molecule has 7 heteroatoms. The Morgan fingerprint density at radius 1 is 1.33 bits per heavy atom. The molecule has 0 radical (unpaired) electrons. The van der Waals surface area contributed by atoms with Crippen LogP contribution in [0.15, 0.2) is 65.0 Å². The van der Waals surface area contributed by atoms with Crippen LogP contribution in [0.5, 0.6) is 0 Å². The number of nitrogens with one attached hydrogen (secondary N) is 1. The van der Waals surface area contributed by atoms with Crippen molar-refractivity contribution in [3.8, 4) is 0 Å². The van der Waals surface area contributed by atoms with Gasteiger partial charge in [0, 0.05) is 5.69 Å². The topological polar surface area (TPSA) is 71.7 Å². The number of hydrogen-bond donors (Lipinski definition) is 2.